The van der Waals surface area contributed by atoms with Crippen LogP contribution >= 0.6 is 0 Å². The van der Waals surface area contributed by atoms with Gasteiger partial charge in [0.1, 0.15) is 13.7 Å². The van der Waals surface area contributed by atoms with E-state index in [4.69, 9.17) is 5.11 Å². The van der Waals surface area contributed by atoms with Crippen molar-refractivity contribution < 1.29 is 15.0 Å². The topological polar surface area (TPSA) is 60.8 Å². The molecule has 5 heteroatoms. The Morgan fingerprint density at radius 2 is 1.68 bits per heavy atom. The number of nitrogens with zero attached hydrogens (tertiary/aromatic N) is 1. The average molecular weight is 283 g/mol. The van der Waals surface area contributed by atoms with Gasteiger partial charge in [-0.3, -0.25) is 0 Å². The first-order chi connectivity index (χ1) is 8.90. The van der Waals surface area contributed by atoms with Crippen LogP contribution in [0.4, 0.5) is 4.79 Å². The lowest BCUT2D eigenvalue weighted by Gasteiger charge is -2.34. The molecule has 0 aromatic rings. The number of hydrogen-bond acceptors (Lipinski definition) is 2. The Kier molecular flexibility index (Phi) is 5.45. The zero-order valence-electron chi connectivity index (χ0n) is 12.2. The maximum Gasteiger partial charge on any atom is 0.407 e. The van der Waals surface area contributed by atoms with E-state index in [1.54, 1.807) is 0 Å². The van der Waals surface area contributed by atoms with Crippen LogP contribution in [0.5, 0.6) is 0 Å². The van der Waals surface area contributed by atoms with Crippen molar-refractivity contribution in [3.05, 3.63) is 0 Å². The second-order valence-corrected chi connectivity index (χ2v) is 10.3. The first kappa shape index (κ1) is 16.1. The van der Waals surface area contributed by atoms with Gasteiger partial charge in [0.05, 0.1) is 0 Å². The zero-order chi connectivity index (χ0) is 14.5. The number of hydrogen-bond donors (Lipinski definition) is 2. The summed E-state index contributed by atoms with van der Waals surface area (Å²) in [6, 6.07) is 3.35. The van der Waals surface area contributed by atoms with E-state index in [9.17, 15) is 9.90 Å². The predicted octanol–water partition coefficient (Wildman–Crippen LogP) is 2.54. The Balaban J connectivity index is 2.75. The molecule has 2 N–H and O–H groups in total. The van der Waals surface area contributed by atoms with Crippen LogP contribution in [-0.2, 0) is 0 Å². The van der Waals surface area contributed by atoms with Crippen molar-refractivity contribution in [1.82, 2.24) is 4.90 Å². The van der Waals surface area contributed by atoms with Crippen molar-refractivity contribution in [2.45, 2.75) is 57.3 Å². The summed E-state index contributed by atoms with van der Waals surface area (Å²) < 4.78 is 0. The standard InChI is InChI=1S/C14H25NO3Si/c1-4-19(5-2,6-3)12-9-14(18)7-10-15(11-8-14)13(16)17/h18H,4-8,10-11H2,1-3H3,(H,16,17). The molecule has 1 amide bonds. The van der Waals surface area contributed by atoms with E-state index in [-0.39, 0.29) is 0 Å². The number of carboxylic acid groups (broad SMARTS) is 1. The highest BCUT2D eigenvalue weighted by Gasteiger charge is 2.33. The molecule has 1 heterocycles. The van der Waals surface area contributed by atoms with Crippen LogP contribution in [0.1, 0.15) is 33.6 Å². The Hall–Kier alpha value is -0.993. The number of likely N-dealkylation sites (tertiary alicyclic amines) is 1. The van der Waals surface area contributed by atoms with E-state index in [0.717, 1.165) is 18.1 Å². The van der Waals surface area contributed by atoms with Crippen LogP contribution in [-0.4, -0.2) is 48.0 Å². The van der Waals surface area contributed by atoms with E-state index in [1.807, 2.05) is 0 Å². The van der Waals surface area contributed by atoms with Crippen LogP contribution < -0.4 is 0 Å². The van der Waals surface area contributed by atoms with Crippen molar-refractivity contribution in [2.24, 2.45) is 0 Å². The van der Waals surface area contributed by atoms with Gasteiger partial charge in [0.2, 0.25) is 0 Å². The Morgan fingerprint density at radius 3 is 2.05 bits per heavy atom. The molecule has 0 aromatic carbocycles. The minimum Gasteiger partial charge on any atom is -0.465 e. The summed E-state index contributed by atoms with van der Waals surface area (Å²) in [4.78, 5) is 12.2. The molecule has 0 atom stereocenters. The van der Waals surface area contributed by atoms with Crippen LogP contribution in [0.25, 0.3) is 0 Å². The first-order valence-electron chi connectivity index (χ1n) is 7.15. The molecule has 108 valence electrons. The van der Waals surface area contributed by atoms with Crippen LogP contribution in [0.2, 0.25) is 18.1 Å². The van der Waals surface area contributed by atoms with E-state index in [1.165, 1.54) is 4.90 Å². The second-order valence-electron chi connectivity index (χ2n) is 5.39. The molecule has 0 saturated carbocycles. The number of piperidine rings is 1. The van der Waals surface area contributed by atoms with Crippen molar-refractivity contribution in [3.8, 4) is 11.5 Å². The SMILES string of the molecule is CC[Si](C#CC1(O)CCN(C(=O)O)CC1)(CC)CC. The normalized spacial score (nSPS) is 18.6. The summed E-state index contributed by atoms with van der Waals surface area (Å²) in [5.41, 5.74) is 2.43. The van der Waals surface area contributed by atoms with Gasteiger partial charge in [0.15, 0.2) is 0 Å². The molecule has 1 aliphatic rings. The first-order valence-corrected chi connectivity index (χ1v) is 9.77. The molecule has 1 fully saturated rings. The molecule has 1 rings (SSSR count). The minimum atomic E-state index is -1.54. The maximum atomic E-state index is 10.8. The summed E-state index contributed by atoms with van der Waals surface area (Å²) in [7, 11) is -1.54. The molecular formula is C14H25NO3Si. The molecule has 0 bridgehead atoms. The zero-order valence-corrected chi connectivity index (χ0v) is 13.2. The molecule has 19 heavy (non-hydrogen) atoms. The Labute approximate surface area is 116 Å². The highest BCUT2D eigenvalue weighted by atomic mass is 28.3. The molecular weight excluding hydrogens is 258 g/mol. The fraction of sp³-hybridized carbons (Fsp3) is 0.786. The third-order valence-corrected chi connectivity index (χ3v) is 9.17. The summed E-state index contributed by atoms with van der Waals surface area (Å²) in [5, 5.41) is 19.3. The quantitative estimate of drug-likeness (QED) is 0.618. The van der Waals surface area contributed by atoms with E-state index >= 15 is 0 Å². The van der Waals surface area contributed by atoms with Gasteiger partial charge < -0.3 is 15.1 Å². The molecule has 0 unspecified atom stereocenters. The summed E-state index contributed by atoms with van der Waals surface area (Å²) in [6.07, 6.45) is -0.0589. The van der Waals surface area contributed by atoms with E-state index in [0.29, 0.717) is 25.9 Å². The molecule has 4 nitrogen and oxygen atoms in total. The highest BCUT2D eigenvalue weighted by molar-refractivity contribution is 6.87. The van der Waals surface area contributed by atoms with Gasteiger partial charge in [0, 0.05) is 25.9 Å². The summed E-state index contributed by atoms with van der Waals surface area (Å²) in [6.45, 7) is 7.31. The fourth-order valence-corrected chi connectivity index (χ4v) is 4.99. The predicted molar refractivity (Wildman–Crippen MR) is 78.8 cm³/mol. The van der Waals surface area contributed by atoms with Gasteiger partial charge in [-0.15, -0.1) is 5.54 Å². The van der Waals surface area contributed by atoms with Gasteiger partial charge in [-0.2, -0.15) is 0 Å². The van der Waals surface area contributed by atoms with Gasteiger partial charge in [0.25, 0.3) is 0 Å². The van der Waals surface area contributed by atoms with Gasteiger partial charge in [-0.05, 0) is 18.1 Å². The smallest absolute Gasteiger partial charge is 0.407 e. The Morgan fingerprint density at radius 1 is 1.21 bits per heavy atom. The molecule has 0 radical (unpaired) electrons. The van der Waals surface area contributed by atoms with E-state index in [2.05, 4.69) is 32.2 Å². The number of carbonyl (C=O) groups is 1. The lowest BCUT2D eigenvalue weighted by atomic mass is 9.93. The van der Waals surface area contributed by atoms with Crippen molar-refractivity contribution in [2.75, 3.05) is 13.1 Å². The molecule has 1 saturated heterocycles. The molecule has 0 aliphatic carbocycles. The van der Waals surface area contributed by atoms with Gasteiger partial charge in [-0.1, -0.05) is 26.7 Å². The van der Waals surface area contributed by atoms with Crippen molar-refractivity contribution in [3.63, 3.8) is 0 Å². The Bertz CT molecular complexity index is 366. The van der Waals surface area contributed by atoms with Gasteiger partial charge >= 0.3 is 6.09 Å². The molecule has 0 aromatic heterocycles. The maximum absolute atomic E-state index is 10.8. The summed E-state index contributed by atoms with van der Waals surface area (Å²) in [5.74, 6) is 3.10. The molecule has 1 aliphatic heterocycles. The van der Waals surface area contributed by atoms with Crippen LogP contribution in [0.15, 0.2) is 0 Å². The lowest BCUT2D eigenvalue weighted by Crippen LogP contribution is -2.46. The largest absolute Gasteiger partial charge is 0.465 e. The van der Waals surface area contributed by atoms with E-state index < -0.39 is 19.8 Å². The van der Waals surface area contributed by atoms with Gasteiger partial charge in [-0.25, -0.2) is 4.79 Å². The number of aliphatic hydroxyl groups is 1. The highest BCUT2D eigenvalue weighted by Crippen LogP contribution is 2.24. The minimum absolute atomic E-state index is 0.374. The third-order valence-electron chi connectivity index (χ3n) is 4.45. The molecule has 0 spiro atoms. The lowest BCUT2D eigenvalue weighted by molar-refractivity contribution is 0.0297. The van der Waals surface area contributed by atoms with Crippen molar-refractivity contribution >= 4 is 14.2 Å². The number of rotatable bonds is 3. The van der Waals surface area contributed by atoms with Crippen molar-refractivity contribution in [1.29, 1.82) is 0 Å². The number of amides is 1. The average Bonchev–Trinajstić information content (AvgIpc) is 2.41. The van der Waals surface area contributed by atoms with Crippen LogP contribution in [0, 0.1) is 11.5 Å². The third kappa shape index (κ3) is 3.98. The summed E-state index contributed by atoms with van der Waals surface area (Å²) >= 11 is 0. The second kappa shape index (κ2) is 6.44. The fourth-order valence-electron chi connectivity index (χ4n) is 2.46. The van der Waals surface area contributed by atoms with Crippen LogP contribution in [0.3, 0.4) is 0 Å². The monoisotopic (exact) mass is 283 g/mol.